The van der Waals surface area contributed by atoms with Crippen LogP contribution in [0.2, 0.25) is 5.02 Å². The number of carbonyl (C=O) groups excluding carboxylic acids is 1. The quantitative estimate of drug-likeness (QED) is 0.719. The maximum Gasteiger partial charge on any atom is 0.267 e. The predicted octanol–water partition coefficient (Wildman–Crippen LogP) is 3.21. The van der Waals surface area contributed by atoms with Crippen LogP contribution in [0.1, 0.15) is 9.67 Å². The van der Waals surface area contributed by atoms with Crippen molar-refractivity contribution >= 4 is 34.5 Å². The first kappa shape index (κ1) is 14.4. The van der Waals surface area contributed by atoms with Crippen molar-refractivity contribution in [2.45, 2.75) is 0 Å². The largest absolute Gasteiger partial charge is 0.506 e. The molecule has 3 rings (SSSR count). The Bertz CT molecular complexity index is 823. The summed E-state index contributed by atoms with van der Waals surface area (Å²) in [5.41, 5.74) is 0.239. The van der Waals surface area contributed by atoms with Crippen molar-refractivity contribution in [1.29, 1.82) is 0 Å². The van der Waals surface area contributed by atoms with Gasteiger partial charge in [-0.25, -0.2) is 15.0 Å². The zero-order chi connectivity index (χ0) is 15.5. The number of carbonyl (C=O) groups is 1. The van der Waals surface area contributed by atoms with Gasteiger partial charge in [0.1, 0.15) is 10.6 Å². The van der Waals surface area contributed by atoms with Crippen molar-refractivity contribution in [3.63, 3.8) is 0 Å². The Morgan fingerprint density at radius 1 is 1.23 bits per heavy atom. The number of nitrogens with one attached hydrogen (secondary N) is 1. The van der Waals surface area contributed by atoms with E-state index < -0.39 is 5.91 Å². The molecule has 0 unspecified atom stereocenters. The summed E-state index contributed by atoms with van der Waals surface area (Å²) in [7, 11) is 0. The molecule has 1 amide bonds. The third-order valence-electron chi connectivity index (χ3n) is 2.69. The first-order valence-electron chi connectivity index (χ1n) is 6.16. The lowest BCUT2D eigenvalue weighted by molar-refractivity contribution is 0.103. The number of hydrogen-bond donors (Lipinski definition) is 2. The van der Waals surface area contributed by atoms with Gasteiger partial charge in [-0.2, -0.15) is 0 Å². The molecule has 0 spiro atoms. The molecule has 2 aromatic heterocycles. The van der Waals surface area contributed by atoms with Crippen molar-refractivity contribution in [1.82, 2.24) is 15.0 Å². The molecule has 3 aromatic rings. The van der Waals surface area contributed by atoms with Crippen LogP contribution in [0, 0.1) is 0 Å². The molecule has 0 fully saturated rings. The van der Waals surface area contributed by atoms with E-state index in [4.69, 9.17) is 11.6 Å². The van der Waals surface area contributed by atoms with E-state index in [1.54, 1.807) is 18.5 Å². The number of aromatic nitrogens is 3. The fourth-order valence-electron chi connectivity index (χ4n) is 1.68. The Kier molecular flexibility index (Phi) is 3.99. The number of aromatic hydroxyl groups is 1. The van der Waals surface area contributed by atoms with Gasteiger partial charge < -0.3 is 10.4 Å². The van der Waals surface area contributed by atoms with Gasteiger partial charge >= 0.3 is 0 Å². The van der Waals surface area contributed by atoms with E-state index in [-0.39, 0.29) is 11.4 Å². The number of amides is 1. The summed E-state index contributed by atoms with van der Waals surface area (Å²) >= 11 is 7.00. The standard InChI is InChI=1S/C14H9ClN4O2S/c15-8-2-3-10(20)9(6-8)19-13(21)11-7-18-14(22-11)12-16-4-1-5-17-12/h1-7,20H,(H,19,21). The molecule has 1 aromatic carbocycles. The topological polar surface area (TPSA) is 88.0 Å². The maximum absolute atomic E-state index is 12.2. The van der Waals surface area contributed by atoms with Crippen LogP contribution in [0.5, 0.6) is 5.75 Å². The summed E-state index contributed by atoms with van der Waals surface area (Å²) in [4.78, 5) is 24.9. The van der Waals surface area contributed by atoms with Gasteiger partial charge in [0, 0.05) is 17.4 Å². The van der Waals surface area contributed by atoms with Crippen LogP contribution in [0.15, 0.2) is 42.9 Å². The Morgan fingerprint density at radius 3 is 2.77 bits per heavy atom. The summed E-state index contributed by atoms with van der Waals surface area (Å²) in [6.45, 7) is 0. The van der Waals surface area contributed by atoms with Gasteiger partial charge in [0.15, 0.2) is 10.8 Å². The van der Waals surface area contributed by atoms with Crippen molar-refractivity contribution in [3.05, 3.63) is 52.8 Å². The lowest BCUT2D eigenvalue weighted by atomic mass is 10.3. The predicted molar refractivity (Wildman–Crippen MR) is 84.2 cm³/mol. The number of halogens is 1. The summed E-state index contributed by atoms with van der Waals surface area (Å²) in [5.74, 6) is 0.00304. The van der Waals surface area contributed by atoms with Crippen LogP contribution in [-0.4, -0.2) is 26.0 Å². The summed E-state index contributed by atoms with van der Waals surface area (Å²) < 4.78 is 0. The second-order valence-electron chi connectivity index (χ2n) is 4.22. The lowest BCUT2D eigenvalue weighted by Crippen LogP contribution is -2.10. The average molecular weight is 333 g/mol. The van der Waals surface area contributed by atoms with E-state index >= 15 is 0 Å². The SMILES string of the molecule is O=C(Nc1cc(Cl)ccc1O)c1cnc(-c2ncccn2)s1. The first-order chi connectivity index (χ1) is 10.6. The van der Waals surface area contributed by atoms with E-state index in [0.717, 1.165) is 11.3 Å². The van der Waals surface area contributed by atoms with Crippen LogP contribution < -0.4 is 5.32 Å². The zero-order valence-corrected chi connectivity index (χ0v) is 12.6. The molecular formula is C14H9ClN4O2S. The number of nitrogens with zero attached hydrogens (tertiary/aromatic N) is 3. The summed E-state index contributed by atoms with van der Waals surface area (Å²) in [5, 5.41) is 13.3. The van der Waals surface area contributed by atoms with Crippen LogP contribution in [-0.2, 0) is 0 Å². The van der Waals surface area contributed by atoms with Gasteiger partial charge in [-0.1, -0.05) is 11.6 Å². The third kappa shape index (κ3) is 3.05. The number of rotatable bonds is 3. The molecule has 2 heterocycles. The van der Waals surface area contributed by atoms with Gasteiger partial charge in [-0.05, 0) is 24.3 Å². The normalized spacial score (nSPS) is 10.4. The highest BCUT2D eigenvalue weighted by atomic mass is 35.5. The molecule has 0 atom stereocenters. The zero-order valence-electron chi connectivity index (χ0n) is 11.0. The molecule has 0 aliphatic carbocycles. The molecule has 0 saturated heterocycles. The van der Waals surface area contributed by atoms with Gasteiger partial charge in [-0.3, -0.25) is 4.79 Å². The molecule has 0 aliphatic heterocycles. The number of thiazole rings is 1. The number of phenols is 1. The molecule has 110 valence electrons. The first-order valence-corrected chi connectivity index (χ1v) is 7.36. The van der Waals surface area contributed by atoms with Gasteiger partial charge in [0.05, 0.1) is 11.9 Å². The second kappa shape index (κ2) is 6.08. The van der Waals surface area contributed by atoms with Gasteiger partial charge in [0.2, 0.25) is 0 Å². The molecule has 0 saturated carbocycles. The van der Waals surface area contributed by atoms with E-state index in [9.17, 15) is 9.90 Å². The van der Waals surface area contributed by atoms with E-state index in [0.29, 0.717) is 20.7 Å². The van der Waals surface area contributed by atoms with E-state index in [1.807, 2.05) is 0 Å². The average Bonchev–Trinajstić information content (AvgIpc) is 3.02. The lowest BCUT2D eigenvalue weighted by Gasteiger charge is -2.06. The van der Waals surface area contributed by atoms with Crippen molar-refractivity contribution in [3.8, 4) is 16.6 Å². The van der Waals surface area contributed by atoms with Crippen LogP contribution in [0.25, 0.3) is 10.8 Å². The third-order valence-corrected chi connectivity index (χ3v) is 3.92. The number of anilines is 1. The maximum atomic E-state index is 12.2. The van der Waals surface area contributed by atoms with Crippen LogP contribution in [0.3, 0.4) is 0 Å². The Balaban J connectivity index is 1.81. The fourth-order valence-corrected chi connectivity index (χ4v) is 2.62. The fraction of sp³-hybridized carbons (Fsp3) is 0. The van der Waals surface area contributed by atoms with Crippen molar-refractivity contribution in [2.75, 3.05) is 5.32 Å². The Hall–Kier alpha value is -2.51. The highest BCUT2D eigenvalue weighted by molar-refractivity contribution is 7.16. The number of phenolic OH excluding ortho intramolecular Hbond substituents is 1. The molecule has 0 bridgehead atoms. The van der Waals surface area contributed by atoms with Crippen molar-refractivity contribution in [2.24, 2.45) is 0 Å². The molecule has 0 aliphatic rings. The molecule has 6 nitrogen and oxygen atoms in total. The highest BCUT2D eigenvalue weighted by Crippen LogP contribution is 2.28. The minimum absolute atomic E-state index is 0.0612. The summed E-state index contributed by atoms with van der Waals surface area (Å²) in [6, 6.07) is 6.11. The van der Waals surface area contributed by atoms with Crippen molar-refractivity contribution < 1.29 is 9.90 Å². The second-order valence-corrected chi connectivity index (χ2v) is 5.68. The molecule has 0 radical (unpaired) electrons. The number of benzene rings is 1. The Labute approximate surface area is 134 Å². The van der Waals surface area contributed by atoms with E-state index in [1.165, 1.54) is 24.4 Å². The minimum Gasteiger partial charge on any atom is -0.506 e. The Morgan fingerprint density at radius 2 is 2.00 bits per heavy atom. The minimum atomic E-state index is -0.391. The molecule has 2 N–H and O–H groups in total. The molecular weight excluding hydrogens is 324 g/mol. The van der Waals surface area contributed by atoms with Crippen LogP contribution >= 0.6 is 22.9 Å². The smallest absolute Gasteiger partial charge is 0.267 e. The van der Waals surface area contributed by atoms with Gasteiger partial charge in [0.25, 0.3) is 5.91 Å². The molecule has 8 heteroatoms. The van der Waals surface area contributed by atoms with Gasteiger partial charge in [-0.15, -0.1) is 11.3 Å². The monoisotopic (exact) mass is 332 g/mol. The molecule has 22 heavy (non-hydrogen) atoms. The van der Waals surface area contributed by atoms with E-state index in [2.05, 4.69) is 20.3 Å². The summed E-state index contributed by atoms with van der Waals surface area (Å²) in [6.07, 6.45) is 4.65. The highest BCUT2D eigenvalue weighted by Gasteiger charge is 2.14. The number of hydrogen-bond acceptors (Lipinski definition) is 6. The van der Waals surface area contributed by atoms with Crippen LogP contribution in [0.4, 0.5) is 5.69 Å².